The normalized spacial score (nSPS) is 10.8. The van der Waals surface area contributed by atoms with Crippen molar-refractivity contribution in [2.24, 2.45) is 0 Å². The summed E-state index contributed by atoms with van der Waals surface area (Å²) >= 11 is 0. The second-order valence-electron chi connectivity index (χ2n) is 6.17. The van der Waals surface area contributed by atoms with Gasteiger partial charge in [0.25, 0.3) is 5.91 Å². The number of carbonyl (C=O) groups excluding carboxylic acids is 1. The largest absolute Gasteiger partial charge is 0.490 e. The second kappa shape index (κ2) is 8.58. The summed E-state index contributed by atoms with van der Waals surface area (Å²) in [6, 6.07) is 11.7. The second-order valence-corrected chi connectivity index (χ2v) is 6.17. The van der Waals surface area contributed by atoms with Gasteiger partial charge in [0.2, 0.25) is 0 Å². The van der Waals surface area contributed by atoms with Crippen molar-refractivity contribution in [2.75, 3.05) is 19.8 Å². The highest BCUT2D eigenvalue weighted by molar-refractivity contribution is 5.92. The van der Waals surface area contributed by atoms with Crippen molar-refractivity contribution in [1.82, 2.24) is 14.7 Å². The lowest BCUT2D eigenvalue weighted by Gasteiger charge is -2.12. The van der Waals surface area contributed by atoms with E-state index in [4.69, 9.17) is 9.47 Å². The SMILES string of the molecule is CCOc1ccc(CCNC(=O)c2cn3c(C)cccc3n2)cc1OCC. The van der Waals surface area contributed by atoms with Gasteiger partial charge in [-0.3, -0.25) is 4.79 Å². The summed E-state index contributed by atoms with van der Waals surface area (Å²) in [5.74, 6) is 1.31. The van der Waals surface area contributed by atoms with Crippen LogP contribution in [-0.2, 0) is 6.42 Å². The number of hydrogen-bond acceptors (Lipinski definition) is 4. The van der Waals surface area contributed by atoms with Crippen LogP contribution in [0.1, 0.15) is 35.6 Å². The van der Waals surface area contributed by atoms with Crippen LogP contribution in [0.15, 0.2) is 42.6 Å². The third-order valence-corrected chi connectivity index (χ3v) is 4.24. The van der Waals surface area contributed by atoms with Gasteiger partial charge < -0.3 is 19.2 Å². The summed E-state index contributed by atoms with van der Waals surface area (Å²) in [6.07, 6.45) is 2.47. The van der Waals surface area contributed by atoms with E-state index in [0.717, 1.165) is 28.4 Å². The van der Waals surface area contributed by atoms with Gasteiger partial charge in [-0.15, -0.1) is 0 Å². The van der Waals surface area contributed by atoms with E-state index in [1.807, 2.05) is 61.6 Å². The molecule has 1 N–H and O–H groups in total. The van der Waals surface area contributed by atoms with Crippen molar-refractivity contribution in [2.45, 2.75) is 27.2 Å². The number of hydrogen-bond donors (Lipinski definition) is 1. The van der Waals surface area contributed by atoms with Crippen LogP contribution in [0, 0.1) is 6.92 Å². The fourth-order valence-corrected chi connectivity index (χ4v) is 2.92. The Morgan fingerprint density at radius 2 is 1.89 bits per heavy atom. The first-order valence-corrected chi connectivity index (χ1v) is 9.23. The average molecular weight is 367 g/mol. The zero-order valence-corrected chi connectivity index (χ0v) is 16.0. The maximum atomic E-state index is 12.4. The average Bonchev–Trinajstić information content (AvgIpc) is 3.10. The van der Waals surface area contributed by atoms with Crippen molar-refractivity contribution in [3.8, 4) is 11.5 Å². The number of aromatic nitrogens is 2. The summed E-state index contributed by atoms with van der Waals surface area (Å²) < 4.78 is 13.1. The van der Waals surface area contributed by atoms with E-state index in [9.17, 15) is 4.79 Å². The number of benzene rings is 1. The van der Waals surface area contributed by atoms with E-state index in [1.165, 1.54) is 0 Å². The standard InChI is InChI=1S/C21H25N3O3/c1-4-26-18-10-9-16(13-19(18)27-5-2)11-12-22-21(25)17-14-24-15(3)7-6-8-20(24)23-17/h6-10,13-14H,4-5,11-12H2,1-3H3,(H,22,25). The first-order chi connectivity index (χ1) is 13.1. The molecule has 3 rings (SSSR count). The summed E-state index contributed by atoms with van der Waals surface area (Å²) in [7, 11) is 0. The summed E-state index contributed by atoms with van der Waals surface area (Å²) in [6.45, 7) is 7.56. The molecule has 0 bridgehead atoms. The topological polar surface area (TPSA) is 64.9 Å². The van der Waals surface area contributed by atoms with Crippen molar-refractivity contribution < 1.29 is 14.3 Å². The number of fused-ring (bicyclic) bond motifs is 1. The van der Waals surface area contributed by atoms with Crippen LogP contribution in [0.2, 0.25) is 0 Å². The van der Waals surface area contributed by atoms with E-state index in [-0.39, 0.29) is 5.91 Å². The molecule has 6 nitrogen and oxygen atoms in total. The van der Waals surface area contributed by atoms with Gasteiger partial charge >= 0.3 is 0 Å². The molecule has 0 aliphatic heterocycles. The maximum absolute atomic E-state index is 12.4. The smallest absolute Gasteiger partial charge is 0.271 e. The first kappa shape index (κ1) is 18.8. The fraction of sp³-hybridized carbons (Fsp3) is 0.333. The number of amides is 1. The number of nitrogens with one attached hydrogen (secondary N) is 1. The van der Waals surface area contributed by atoms with E-state index in [0.29, 0.717) is 31.9 Å². The Balaban J connectivity index is 1.62. The number of imidazole rings is 1. The highest BCUT2D eigenvalue weighted by atomic mass is 16.5. The molecule has 142 valence electrons. The molecule has 0 saturated carbocycles. The Labute approximate surface area is 159 Å². The van der Waals surface area contributed by atoms with Crippen LogP contribution in [0.3, 0.4) is 0 Å². The zero-order valence-electron chi connectivity index (χ0n) is 16.0. The van der Waals surface area contributed by atoms with Crippen molar-refractivity contribution in [1.29, 1.82) is 0 Å². The lowest BCUT2D eigenvalue weighted by Crippen LogP contribution is -2.26. The maximum Gasteiger partial charge on any atom is 0.271 e. The predicted molar refractivity (Wildman–Crippen MR) is 105 cm³/mol. The lowest BCUT2D eigenvalue weighted by atomic mass is 10.1. The molecule has 0 saturated heterocycles. The van der Waals surface area contributed by atoms with Gasteiger partial charge in [-0.25, -0.2) is 4.98 Å². The third kappa shape index (κ3) is 4.39. The van der Waals surface area contributed by atoms with Crippen LogP contribution >= 0.6 is 0 Å². The molecule has 0 aliphatic rings. The minimum atomic E-state index is -0.172. The highest BCUT2D eigenvalue weighted by Gasteiger charge is 2.11. The first-order valence-electron chi connectivity index (χ1n) is 9.23. The van der Waals surface area contributed by atoms with Gasteiger partial charge in [-0.05, 0) is 57.0 Å². The van der Waals surface area contributed by atoms with Crippen LogP contribution in [-0.4, -0.2) is 35.1 Å². The Kier molecular flexibility index (Phi) is 5.96. The Hall–Kier alpha value is -3.02. The molecule has 27 heavy (non-hydrogen) atoms. The van der Waals surface area contributed by atoms with Crippen LogP contribution in [0.4, 0.5) is 0 Å². The molecule has 3 aromatic rings. The minimum absolute atomic E-state index is 0.172. The van der Waals surface area contributed by atoms with E-state index in [2.05, 4.69) is 10.3 Å². The molecule has 0 unspecified atom stereocenters. The van der Waals surface area contributed by atoms with Gasteiger partial charge in [-0.2, -0.15) is 0 Å². The molecule has 0 radical (unpaired) electrons. The van der Waals surface area contributed by atoms with E-state index in [1.54, 1.807) is 6.20 Å². The van der Waals surface area contributed by atoms with Crippen molar-refractivity contribution >= 4 is 11.6 Å². The van der Waals surface area contributed by atoms with Crippen molar-refractivity contribution in [3.05, 3.63) is 59.5 Å². The fourth-order valence-electron chi connectivity index (χ4n) is 2.92. The Morgan fingerprint density at radius 3 is 2.63 bits per heavy atom. The zero-order chi connectivity index (χ0) is 19.2. The van der Waals surface area contributed by atoms with Crippen LogP contribution in [0.5, 0.6) is 11.5 Å². The van der Waals surface area contributed by atoms with Gasteiger partial charge in [0, 0.05) is 18.4 Å². The van der Waals surface area contributed by atoms with Gasteiger partial charge in [-0.1, -0.05) is 12.1 Å². The molecular formula is C21H25N3O3. The number of ether oxygens (including phenoxy) is 2. The summed E-state index contributed by atoms with van der Waals surface area (Å²) in [4.78, 5) is 16.8. The molecule has 2 aromatic heterocycles. The molecule has 0 aliphatic carbocycles. The predicted octanol–water partition coefficient (Wildman–Crippen LogP) is 3.41. The molecule has 0 atom stereocenters. The summed E-state index contributed by atoms with van der Waals surface area (Å²) in [5.41, 5.74) is 3.31. The third-order valence-electron chi connectivity index (χ3n) is 4.24. The molecule has 1 aromatic carbocycles. The number of carbonyl (C=O) groups is 1. The van der Waals surface area contributed by atoms with Gasteiger partial charge in [0.15, 0.2) is 11.5 Å². The van der Waals surface area contributed by atoms with Crippen molar-refractivity contribution in [3.63, 3.8) is 0 Å². The van der Waals surface area contributed by atoms with Crippen LogP contribution < -0.4 is 14.8 Å². The number of nitrogens with zero attached hydrogens (tertiary/aromatic N) is 2. The van der Waals surface area contributed by atoms with Gasteiger partial charge in [0.05, 0.1) is 13.2 Å². The van der Waals surface area contributed by atoms with Gasteiger partial charge in [0.1, 0.15) is 11.3 Å². The number of aryl methyl sites for hydroxylation is 1. The molecule has 2 heterocycles. The lowest BCUT2D eigenvalue weighted by molar-refractivity contribution is 0.0950. The molecule has 6 heteroatoms. The number of rotatable bonds is 8. The van der Waals surface area contributed by atoms with Crippen LogP contribution in [0.25, 0.3) is 5.65 Å². The minimum Gasteiger partial charge on any atom is -0.490 e. The monoisotopic (exact) mass is 367 g/mol. The molecular weight excluding hydrogens is 342 g/mol. The van der Waals surface area contributed by atoms with E-state index >= 15 is 0 Å². The van der Waals surface area contributed by atoms with E-state index < -0.39 is 0 Å². The Bertz CT molecular complexity index is 934. The molecule has 1 amide bonds. The quantitative estimate of drug-likeness (QED) is 0.663. The molecule has 0 spiro atoms. The summed E-state index contributed by atoms with van der Waals surface area (Å²) in [5, 5.41) is 2.93. The highest BCUT2D eigenvalue weighted by Crippen LogP contribution is 2.28. The molecule has 0 fully saturated rings. The Morgan fingerprint density at radius 1 is 1.11 bits per heavy atom. The number of pyridine rings is 1.